The lowest BCUT2D eigenvalue weighted by atomic mass is 9.93. The first-order chi connectivity index (χ1) is 5.54. The normalized spacial score (nSPS) is 40.2. The Balaban J connectivity index is 0.00000144. The third kappa shape index (κ3) is 2.64. The molecule has 13 heavy (non-hydrogen) atoms. The minimum atomic E-state index is -1.08. The molecule has 0 aromatic rings. The van der Waals surface area contributed by atoms with Gasteiger partial charge in [0.15, 0.2) is 0 Å². The van der Waals surface area contributed by atoms with Gasteiger partial charge in [0, 0.05) is 0 Å². The van der Waals surface area contributed by atoms with Gasteiger partial charge in [-0.25, -0.2) is 0 Å². The van der Waals surface area contributed by atoms with Gasteiger partial charge in [-0.2, -0.15) is 0 Å². The van der Waals surface area contributed by atoms with E-state index in [9.17, 15) is 10.2 Å². The molecule has 4 atom stereocenters. The molecule has 0 bridgehead atoms. The second-order valence-corrected chi connectivity index (χ2v) is 3.59. The number of ether oxygens (including phenoxy) is 1. The van der Waals surface area contributed by atoms with Crippen molar-refractivity contribution in [2.75, 3.05) is 6.61 Å². The highest BCUT2D eigenvalue weighted by Crippen LogP contribution is 2.20. The summed E-state index contributed by atoms with van der Waals surface area (Å²) in [6.07, 6.45) is -3.39. The molecule has 3 N–H and O–H groups in total. The SMILES string of the molecule is C.CC(C)[C@@H]1OC[C@H](O)[C@H](O)[C@H]1O. The Bertz CT molecular complexity index is 149. The van der Waals surface area contributed by atoms with Gasteiger partial charge in [0.2, 0.25) is 0 Å². The molecule has 0 aromatic heterocycles. The van der Waals surface area contributed by atoms with Crippen LogP contribution in [0.1, 0.15) is 21.3 Å². The van der Waals surface area contributed by atoms with Gasteiger partial charge in [0.1, 0.15) is 18.3 Å². The highest BCUT2D eigenvalue weighted by Gasteiger charge is 2.38. The van der Waals surface area contributed by atoms with Crippen LogP contribution in [0.2, 0.25) is 0 Å². The van der Waals surface area contributed by atoms with Crippen molar-refractivity contribution in [3.05, 3.63) is 0 Å². The zero-order valence-electron chi connectivity index (χ0n) is 7.34. The molecule has 0 amide bonds. The summed E-state index contributed by atoms with van der Waals surface area (Å²) in [5.41, 5.74) is 0. The van der Waals surface area contributed by atoms with E-state index in [0.29, 0.717) is 0 Å². The van der Waals surface area contributed by atoms with Crippen molar-refractivity contribution in [3.63, 3.8) is 0 Å². The second-order valence-electron chi connectivity index (χ2n) is 3.59. The molecule has 0 spiro atoms. The van der Waals surface area contributed by atoms with Crippen molar-refractivity contribution >= 4 is 0 Å². The maximum atomic E-state index is 9.44. The van der Waals surface area contributed by atoms with Crippen LogP contribution in [-0.4, -0.2) is 46.3 Å². The van der Waals surface area contributed by atoms with Crippen LogP contribution in [-0.2, 0) is 4.74 Å². The van der Waals surface area contributed by atoms with Gasteiger partial charge in [0.05, 0.1) is 12.7 Å². The molecular formula is C9H20O4. The minimum Gasteiger partial charge on any atom is -0.388 e. The van der Waals surface area contributed by atoms with Crippen LogP contribution in [0.25, 0.3) is 0 Å². The molecule has 1 saturated heterocycles. The van der Waals surface area contributed by atoms with Gasteiger partial charge >= 0.3 is 0 Å². The lowest BCUT2D eigenvalue weighted by Crippen LogP contribution is -2.54. The van der Waals surface area contributed by atoms with E-state index in [1.54, 1.807) is 0 Å². The summed E-state index contributed by atoms with van der Waals surface area (Å²) in [5.74, 6) is 0.141. The topological polar surface area (TPSA) is 69.9 Å². The van der Waals surface area contributed by atoms with Crippen LogP contribution in [0.15, 0.2) is 0 Å². The number of aliphatic hydroxyl groups is 3. The molecule has 4 heteroatoms. The minimum absolute atomic E-state index is 0. The van der Waals surface area contributed by atoms with E-state index in [4.69, 9.17) is 9.84 Å². The predicted molar refractivity (Wildman–Crippen MR) is 49.3 cm³/mol. The first-order valence-corrected chi connectivity index (χ1v) is 4.20. The molecule has 0 radical (unpaired) electrons. The third-order valence-electron chi connectivity index (χ3n) is 2.20. The maximum absolute atomic E-state index is 9.44. The fourth-order valence-electron chi connectivity index (χ4n) is 1.42. The Hall–Kier alpha value is -0.160. The smallest absolute Gasteiger partial charge is 0.111 e. The van der Waals surface area contributed by atoms with Crippen LogP contribution in [0, 0.1) is 5.92 Å². The molecule has 1 aliphatic rings. The molecule has 0 unspecified atom stereocenters. The highest BCUT2D eigenvalue weighted by atomic mass is 16.5. The van der Waals surface area contributed by atoms with Gasteiger partial charge in [0.25, 0.3) is 0 Å². The Labute approximate surface area is 79.2 Å². The lowest BCUT2D eigenvalue weighted by Gasteiger charge is -2.37. The number of rotatable bonds is 1. The highest BCUT2D eigenvalue weighted by molar-refractivity contribution is 4.87. The van der Waals surface area contributed by atoms with Crippen molar-refractivity contribution in [2.24, 2.45) is 5.92 Å². The van der Waals surface area contributed by atoms with Crippen molar-refractivity contribution in [1.29, 1.82) is 0 Å². The van der Waals surface area contributed by atoms with E-state index in [2.05, 4.69) is 0 Å². The Morgan fingerprint density at radius 1 is 1.15 bits per heavy atom. The van der Waals surface area contributed by atoms with Crippen LogP contribution in [0.4, 0.5) is 0 Å². The van der Waals surface area contributed by atoms with Gasteiger partial charge in [-0.3, -0.25) is 0 Å². The maximum Gasteiger partial charge on any atom is 0.111 e. The third-order valence-corrected chi connectivity index (χ3v) is 2.20. The average Bonchev–Trinajstić information content (AvgIpc) is 2.00. The molecule has 0 aromatic carbocycles. The standard InChI is InChI=1S/C8H16O4.CH4/c1-4(2)8-7(11)6(10)5(9)3-12-8;/h4-11H,3H2,1-2H3;1H4/t5-,6-,7+,8-;/m0./s1. The Morgan fingerprint density at radius 3 is 2.15 bits per heavy atom. The molecule has 4 nitrogen and oxygen atoms in total. The van der Waals surface area contributed by atoms with Crippen molar-refractivity contribution in [1.82, 2.24) is 0 Å². The zero-order valence-corrected chi connectivity index (χ0v) is 7.34. The first-order valence-electron chi connectivity index (χ1n) is 4.20. The number of aliphatic hydroxyl groups excluding tert-OH is 3. The molecule has 1 aliphatic heterocycles. The van der Waals surface area contributed by atoms with Crippen LogP contribution in [0.5, 0.6) is 0 Å². The summed E-state index contributed by atoms with van der Waals surface area (Å²) in [4.78, 5) is 0. The Kier molecular flexibility index (Phi) is 4.85. The average molecular weight is 192 g/mol. The monoisotopic (exact) mass is 192 g/mol. The lowest BCUT2D eigenvalue weighted by molar-refractivity contribution is -0.197. The van der Waals surface area contributed by atoms with E-state index >= 15 is 0 Å². The van der Waals surface area contributed by atoms with E-state index in [0.717, 1.165) is 0 Å². The fourth-order valence-corrected chi connectivity index (χ4v) is 1.42. The summed E-state index contributed by atoms with van der Waals surface area (Å²) in [6.45, 7) is 3.90. The Morgan fingerprint density at radius 2 is 1.69 bits per heavy atom. The van der Waals surface area contributed by atoms with E-state index in [1.807, 2.05) is 13.8 Å². The quantitative estimate of drug-likeness (QED) is 0.536. The van der Waals surface area contributed by atoms with Gasteiger partial charge in [-0.1, -0.05) is 21.3 Å². The summed E-state index contributed by atoms with van der Waals surface area (Å²) >= 11 is 0. The second kappa shape index (κ2) is 4.91. The molecule has 1 rings (SSSR count). The van der Waals surface area contributed by atoms with E-state index in [1.165, 1.54) is 0 Å². The molecule has 0 aliphatic carbocycles. The van der Waals surface area contributed by atoms with E-state index in [-0.39, 0.29) is 26.1 Å². The molecular weight excluding hydrogens is 172 g/mol. The molecule has 0 saturated carbocycles. The van der Waals surface area contributed by atoms with Crippen molar-refractivity contribution in [3.8, 4) is 0 Å². The summed E-state index contributed by atoms with van der Waals surface area (Å²) in [7, 11) is 0. The van der Waals surface area contributed by atoms with Crippen molar-refractivity contribution < 1.29 is 20.1 Å². The number of hydrogen-bond donors (Lipinski definition) is 3. The van der Waals surface area contributed by atoms with Crippen LogP contribution >= 0.6 is 0 Å². The van der Waals surface area contributed by atoms with Gasteiger partial charge in [-0.05, 0) is 5.92 Å². The fraction of sp³-hybridized carbons (Fsp3) is 1.00. The van der Waals surface area contributed by atoms with Crippen LogP contribution < -0.4 is 0 Å². The first kappa shape index (κ1) is 12.8. The summed E-state index contributed by atoms with van der Waals surface area (Å²) < 4.78 is 5.17. The summed E-state index contributed by atoms with van der Waals surface area (Å²) in [5, 5.41) is 27.8. The largest absolute Gasteiger partial charge is 0.388 e. The van der Waals surface area contributed by atoms with Crippen molar-refractivity contribution in [2.45, 2.75) is 45.7 Å². The molecule has 1 heterocycles. The van der Waals surface area contributed by atoms with E-state index < -0.39 is 18.3 Å². The van der Waals surface area contributed by atoms with Crippen LogP contribution in [0.3, 0.4) is 0 Å². The molecule has 80 valence electrons. The predicted octanol–water partition coefficient (Wildman–Crippen LogP) is -0.240. The zero-order chi connectivity index (χ0) is 9.30. The molecule has 1 fully saturated rings. The van der Waals surface area contributed by atoms with Gasteiger partial charge in [-0.15, -0.1) is 0 Å². The number of hydrogen-bond acceptors (Lipinski definition) is 4. The van der Waals surface area contributed by atoms with Gasteiger partial charge < -0.3 is 20.1 Å². The summed E-state index contributed by atoms with van der Waals surface area (Å²) in [6, 6.07) is 0.